The Balaban J connectivity index is 2.44. The second-order valence-corrected chi connectivity index (χ2v) is 5.05. The van der Waals surface area contributed by atoms with Crippen molar-refractivity contribution in [3.05, 3.63) is 29.3 Å². The quantitative estimate of drug-likeness (QED) is 0.888. The van der Waals surface area contributed by atoms with Crippen molar-refractivity contribution in [1.82, 2.24) is 0 Å². The standard InChI is InChI=1S/C15H20O4/c1-18-10-11-9-12(5-6-13(11)19-2)15(14(16)17)7-3-4-8-15/h5-6,9H,3-4,7-8,10H2,1-2H3,(H,16,17). The van der Waals surface area contributed by atoms with Crippen molar-refractivity contribution < 1.29 is 19.4 Å². The van der Waals surface area contributed by atoms with Crippen molar-refractivity contribution >= 4 is 5.97 Å². The lowest BCUT2D eigenvalue weighted by molar-refractivity contribution is -0.143. The van der Waals surface area contributed by atoms with Gasteiger partial charge in [0.2, 0.25) is 0 Å². The van der Waals surface area contributed by atoms with Gasteiger partial charge >= 0.3 is 5.97 Å². The Labute approximate surface area is 113 Å². The fourth-order valence-electron chi connectivity index (χ4n) is 2.95. The molecule has 19 heavy (non-hydrogen) atoms. The van der Waals surface area contributed by atoms with E-state index in [2.05, 4.69) is 0 Å². The number of hydrogen-bond donors (Lipinski definition) is 1. The summed E-state index contributed by atoms with van der Waals surface area (Å²) in [6.07, 6.45) is 3.36. The zero-order valence-electron chi connectivity index (χ0n) is 11.4. The van der Waals surface area contributed by atoms with E-state index < -0.39 is 11.4 Å². The van der Waals surface area contributed by atoms with Gasteiger partial charge in [0.15, 0.2) is 0 Å². The van der Waals surface area contributed by atoms with Crippen LogP contribution in [0.1, 0.15) is 36.8 Å². The number of carboxylic acid groups (broad SMARTS) is 1. The first-order valence-electron chi connectivity index (χ1n) is 6.54. The molecule has 4 heteroatoms. The van der Waals surface area contributed by atoms with Gasteiger partial charge in [-0.3, -0.25) is 4.79 Å². The third-order valence-electron chi connectivity index (χ3n) is 4.00. The number of benzene rings is 1. The van der Waals surface area contributed by atoms with E-state index in [4.69, 9.17) is 9.47 Å². The highest BCUT2D eigenvalue weighted by Crippen LogP contribution is 2.42. The molecule has 1 N–H and O–H groups in total. The molecule has 0 radical (unpaired) electrons. The van der Waals surface area contributed by atoms with E-state index in [1.54, 1.807) is 14.2 Å². The molecule has 0 amide bonds. The zero-order chi connectivity index (χ0) is 13.9. The first kappa shape index (κ1) is 13.9. The van der Waals surface area contributed by atoms with E-state index in [1.165, 1.54) is 0 Å². The third kappa shape index (κ3) is 2.45. The Morgan fingerprint density at radius 3 is 2.53 bits per heavy atom. The SMILES string of the molecule is COCc1cc(C2(C(=O)O)CCCC2)ccc1OC. The van der Waals surface area contributed by atoms with Gasteiger partial charge in [-0.25, -0.2) is 0 Å². The average molecular weight is 264 g/mol. The Morgan fingerprint density at radius 1 is 1.32 bits per heavy atom. The van der Waals surface area contributed by atoms with Gasteiger partial charge in [-0.15, -0.1) is 0 Å². The summed E-state index contributed by atoms with van der Waals surface area (Å²) in [4.78, 5) is 11.7. The molecule has 0 spiro atoms. The maximum absolute atomic E-state index is 11.7. The van der Waals surface area contributed by atoms with Gasteiger partial charge in [-0.1, -0.05) is 18.9 Å². The van der Waals surface area contributed by atoms with Crippen LogP contribution in [0.3, 0.4) is 0 Å². The van der Waals surface area contributed by atoms with Gasteiger partial charge < -0.3 is 14.6 Å². The number of carbonyl (C=O) groups is 1. The van der Waals surface area contributed by atoms with Crippen LogP contribution >= 0.6 is 0 Å². The molecular formula is C15H20O4. The van der Waals surface area contributed by atoms with Gasteiger partial charge in [-0.05, 0) is 30.5 Å². The highest BCUT2D eigenvalue weighted by atomic mass is 16.5. The third-order valence-corrected chi connectivity index (χ3v) is 4.00. The zero-order valence-corrected chi connectivity index (χ0v) is 11.4. The number of rotatable bonds is 5. The van der Waals surface area contributed by atoms with E-state index >= 15 is 0 Å². The summed E-state index contributed by atoms with van der Waals surface area (Å²) in [6.45, 7) is 0.423. The summed E-state index contributed by atoms with van der Waals surface area (Å²) in [5.74, 6) is 0.0164. The molecule has 0 aliphatic heterocycles. The smallest absolute Gasteiger partial charge is 0.314 e. The first-order chi connectivity index (χ1) is 9.14. The molecule has 1 aromatic carbocycles. The lowest BCUT2D eigenvalue weighted by atomic mass is 9.78. The Kier molecular flexibility index (Phi) is 4.10. The predicted molar refractivity (Wildman–Crippen MR) is 71.5 cm³/mol. The van der Waals surface area contributed by atoms with Gasteiger partial charge in [-0.2, -0.15) is 0 Å². The molecule has 2 rings (SSSR count). The van der Waals surface area contributed by atoms with Crippen LogP contribution in [0, 0.1) is 0 Å². The fraction of sp³-hybridized carbons (Fsp3) is 0.533. The number of carboxylic acids is 1. The molecule has 0 atom stereocenters. The molecule has 0 unspecified atom stereocenters. The minimum Gasteiger partial charge on any atom is -0.496 e. The van der Waals surface area contributed by atoms with Crippen LogP contribution < -0.4 is 4.74 Å². The fourth-order valence-corrected chi connectivity index (χ4v) is 2.95. The van der Waals surface area contributed by atoms with E-state index in [-0.39, 0.29) is 0 Å². The second kappa shape index (κ2) is 5.61. The molecule has 0 heterocycles. The lowest BCUT2D eigenvalue weighted by Gasteiger charge is -2.25. The summed E-state index contributed by atoms with van der Waals surface area (Å²) < 4.78 is 10.4. The topological polar surface area (TPSA) is 55.8 Å². The molecule has 0 saturated heterocycles. The van der Waals surface area contributed by atoms with E-state index in [0.29, 0.717) is 19.4 Å². The van der Waals surface area contributed by atoms with Gasteiger partial charge in [0.25, 0.3) is 0 Å². The van der Waals surface area contributed by atoms with Crippen LogP contribution in [0.25, 0.3) is 0 Å². The van der Waals surface area contributed by atoms with Crippen LogP contribution in [0.2, 0.25) is 0 Å². The molecule has 1 saturated carbocycles. The molecule has 0 bridgehead atoms. The monoisotopic (exact) mass is 264 g/mol. The molecular weight excluding hydrogens is 244 g/mol. The molecule has 4 nitrogen and oxygen atoms in total. The number of aliphatic carboxylic acids is 1. The van der Waals surface area contributed by atoms with Gasteiger partial charge in [0.05, 0.1) is 19.1 Å². The highest BCUT2D eigenvalue weighted by molar-refractivity contribution is 5.82. The molecule has 1 aliphatic rings. The minimum absolute atomic E-state index is 0.423. The summed E-state index contributed by atoms with van der Waals surface area (Å²) in [5.41, 5.74) is 1.04. The summed E-state index contributed by atoms with van der Waals surface area (Å²) in [7, 11) is 3.23. The minimum atomic E-state index is -0.727. The van der Waals surface area contributed by atoms with Crippen molar-refractivity contribution in [3.8, 4) is 5.75 Å². The van der Waals surface area contributed by atoms with E-state index in [0.717, 1.165) is 29.7 Å². The second-order valence-electron chi connectivity index (χ2n) is 5.05. The van der Waals surface area contributed by atoms with Crippen molar-refractivity contribution in [2.24, 2.45) is 0 Å². The normalized spacial score (nSPS) is 17.4. The lowest BCUT2D eigenvalue weighted by Crippen LogP contribution is -2.32. The van der Waals surface area contributed by atoms with Crippen molar-refractivity contribution in [2.45, 2.75) is 37.7 Å². The van der Waals surface area contributed by atoms with Crippen LogP contribution in [0.15, 0.2) is 18.2 Å². The van der Waals surface area contributed by atoms with Crippen LogP contribution in [0.4, 0.5) is 0 Å². The summed E-state index contributed by atoms with van der Waals surface area (Å²) in [5, 5.41) is 9.60. The first-order valence-corrected chi connectivity index (χ1v) is 6.54. The van der Waals surface area contributed by atoms with Crippen molar-refractivity contribution in [2.75, 3.05) is 14.2 Å². The highest BCUT2D eigenvalue weighted by Gasteiger charge is 2.43. The Bertz CT molecular complexity index is 461. The van der Waals surface area contributed by atoms with Crippen molar-refractivity contribution in [1.29, 1.82) is 0 Å². The van der Waals surface area contributed by atoms with Crippen LogP contribution in [-0.2, 0) is 21.6 Å². The number of methoxy groups -OCH3 is 2. The van der Waals surface area contributed by atoms with Gasteiger partial charge in [0.1, 0.15) is 5.75 Å². The molecule has 0 aromatic heterocycles. The predicted octanol–water partition coefficient (Wildman–Crippen LogP) is 2.74. The van der Waals surface area contributed by atoms with E-state index in [1.807, 2.05) is 18.2 Å². The van der Waals surface area contributed by atoms with Crippen LogP contribution in [0.5, 0.6) is 5.75 Å². The largest absolute Gasteiger partial charge is 0.496 e. The molecule has 104 valence electrons. The maximum atomic E-state index is 11.7. The molecule has 1 aromatic rings. The van der Waals surface area contributed by atoms with Gasteiger partial charge in [0, 0.05) is 12.7 Å². The average Bonchev–Trinajstić information content (AvgIpc) is 2.89. The summed E-state index contributed by atoms with van der Waals surface area (Å²) in [6, 6.07) is 5.63. The molecule has 1 fully saturated rings. The number of hydrogen-bond acceptors (Lipinski definition) is 3. The number of ether oxygens (including phenoxy) is 2. The Morgan fingerprint density at radius 2 is 2.00 bits per heavy atom. The van der Waals surface area contributed by atoms with Crippen molar-refractivity contribution in [3.63, 3.8) is 0 Å². The maximum Gasteiger partial charge on any atom is 0.314 e. The molecule has 1 aliphatic carbocycles. The van der Waals surface area contributed by atoms with E-state index in [9.17, 15) is 9.90 Å². The summed E-state index contributed by atoms with van der Waals surface area (Å²) >= 11 is 0. The Hall–Kier alpha value is -1.55. The van der Waals surface area contributed by atoms with Crippen LogP contribution in [-0.4, -0.2) is 25.3 Å².